The van der Waals surface area contributed by atoms with Crippen LogP contribution in [0.15, 0.2) is 77.9 Å². The summed E-state index contributed by atoms with van der Waals surface area (Å²) < 4.78 is 40.8. The van der Waals surface area contributed by atoms with Crippen molar-refractivity contribution in [3.8, 4) is 0 Å². The molecule has 4 aromatic rings. The highest BCUT2D eigenvalue weighted by Crippen LogP contribution is 2.29. The van der Waals surface area contributed by atoms with Gasteiger partial charge in [0.15, 0.2) is 0 Å². The van der Waals surface area contributed by atoms with Gasteiger partial charge in [-0.05, 0) is 36.8 Å². The fourth-order valence-corrected chi connectivity index (χ4v) is 3.79. The molecule has 0 unspecified atom stereocenters. The molecule has 0 aliphatic heterocycles. The van der Waals surface area contributed by atoms with Crippen molar-refractivity contribution in [3.05, 3.63) is 111 Å². The summed E-state index contributed by atoms with van der Waals surface area (Å²) in [5.74, 6) is -0.764. The van der Waals surface area contributed by atoms with Crippen LogP contribution in [0.1, 0.15) is 32.7 Å². The quantitative estimate of drug-likeness (QED) is 0.218. The minimum atomic E-state index is -4.55. The van der Waals surface area contributed by atoms with Crippen molar-refractivity contribution < 1.29 is 22.9 Å². The Bertz CT molecular complexity index is 1440. The average Bonchev–Trinajstić information content (AvgIpc) is 3.10. The lowest BCUT2D eigenvalue weighted by Crippen LogP contribution is -2.18. The van der Waals surface area contributed by atoms with E-state index in [0.717, 1.165) is 45.9 Å². The number of amides is 1. The Morgan fingerprint density at radius 2 is 1.80 bits per heavy atom. The number of nitro groups is 1. The molecule has 0 fully saturated rings. The number of nitrogens with one attached hydrogen (secondary N) is 1. The van der Waals surface area contributed by atoms with Crippen LogP contribution in [0.5, 0.6) is 0 Å². The van der Waals surface area contributed by atoms with Crippen LogP contribution in [0.2, 0.25) is 0 Å². The van der Waals surface area contributed by atoms with Gasteiger partial charge < -0.3 is 4.57 Å². The van der Waals surface area contributed by atoms with E-state index in [1.54, 1.807) is 12.1 Å². The van der Waals surface area contributed by atoms with Gasteiger partial charge in [-0.25, -0.2) is 5.43 Å². The lowest BCUT2D eigenvalue weighted by molar-refractivity contribution is -0.384. The van der Waals surface area contributed by atoms with E-state index in [9.17, 15) is 28.1 Å². The molecule has 7 nitrogen and oxygen atoms in total. The number of aromatic nitrogens is 1. The van der Waals surface area contributed by atoms with Crippen LogP contribution in [0.25, 0.3) is 10.9 Å². The summed E-state index contributed by atoms with van der Waals surface area (Å²) in [4.78, 5) is 22.8. The smallest absolute Gasteiger partial charge is 0.340 e. The normalized spacial score (nSPS) is 11.8. The lowest BCUT2D eigenvalue weighted by Gasteiger charge is -2.09. The molecule has 1 aromatic heterocycles. The first-order valence-electron chi connectivity index (χ1n) is 10.5. The molecule has 1 N–H and O–H groups in total. The van der Waals surface area contributed by atoms with Gasteiger partial charge in [0.1, 0.15) is 0 Å². The molecule has 3 aromatic carbocycles. The van der Waals surface area contributed by atoms with E-state index in [2.05, 4.69) is 10.5 Å². The van der Waals surface area contributed by atoms with Gasteiger partial charge in [-0.2, -0.15) is 18.3 Å². The standard InChI is InChI=1S/C25H19F3N4O3/c1-16-22(14-29-30-24(33)18-5-4-6-19(13-18)25(26,27)28)21-7-2-3-8-23(21)31(16)15-17-9-11-20(12-10-17)32(34)35/h2-14H,15H2,1H3,(H,30,33)/b29-14-. The predicted octanol–water partition coefficient (Wildman–Crippen LogP) is 5.69. The molecular formula is C25H19F3N4O3. The van der Waals surface area contributed by atoms with Crippen LogP contribution in [0.3, 0.4) is 0 Å². The second kappa shape index (κ2) is 9.41. The number of hydrogen-bond acceptors (Lipinski definition) is 4. The summed E-state index contributed by atoms with van der Waals surface area (Å²) in [7, 11) is 0. The molecule has 0 bridgehead atoms. The highest BCUT2D eigenvalue weighted by atomic mass is 19.4. The number of benzene rings is 3. The number of hydrazone groups is 1. The molecule has 0 atom stereocenters. The number of fused-ring (bicyclic) bond motifs is 1. The number of rotatable bonds is 6. The monoisotopic (exact) mass is 480 g/mol. The fraction of sp³-hybridized carbons (Fsp3) is 0.120. The third-order valence-electron chi connectivity index (χ3n) is 5.58. The zero-order valence-electron chi connectivity index (χ0n) is 18.4. The van der Waals surface area contributed by atoms with Gasteiger partial charge in [-0.1, -0.05) is 36.4 Å². The summed E-state index contributed by atoms with van der Waals surface area (Å²) in [5, 5.41) is 15.8. The maximum atomic E-state index is 12.9. The van der Waals surface area contributed by atoms with Crippen molar-refractivity contribution in [1.82, 2.24) is 9.99 Å². The minimum absolute atomic E-state index is 0.00664. The van der Waals surface area contributed by atoms with Crippen LogP contribution in [-0.2, 0) is 12.7 Å². The molecule has 0 aliphatic rings. The molecule has 1 heterocycles. The van der Waals surface area contributed by atoms with Gasteiger partial charge >= 0.3 is 6.18 Å². The Morgan fingerprint density at radius 3 is 2.49 bits per heavy atom. The fourth-order valence-electron chi connectivity index (χ4n) is 3.79. The molecule has 4 rings (SSSR count). The number of carbonyl (C=O) groups excluding carboxylic acids is 1. The van der Waals surface area contributed by atoms with E-state index in [0.29, 0.717) is 6.54 Å². The SMILES string of the molecule is Cc1c(/C=N\NC(=O)c2cccc(C(F)(F)F)c2)c2ccccc2n1Cc1ccc([N+](=O)[O-])cc1. The minimum Gasteiger partial charge on any atom is -0.340 e. The zero-order valence-corrected chi connectivity index (χ0v) is 18.4. The van der Waals surface area contributed by atoms with Crippen molar-refractivity contribution in [3.63, 3.8) is 0 Å². The molecule has 0 aliphatic carbocycles. The number of alkyl halides is 3. The van der Waals surface area contributed by atoms with E-state index in [-0.39, 0.29) is 11.3 Å². The number of halogens is 3. The number of hydrogen-bond donors (Lipinski definition) is 1. The average molecular weight is 480 g/mol. The van der Waals surface area contributed by atoms with Gasteiger partial charge in [0.05, 0.1) is 16.7 Å². The molecular weight excluding hydrogens is 461 g/mol. The maximum Gasteiger partial charge on any atom is 0.416 e. The van der Waals surface area contributed by atoms with Crippen LogP contribution in [0.4, 0.5) is 18.9 Å². The van der Waals surface area contributed by atoms with Gasteiger partial charge in [-0.3, -0.25) is 14.9 Å². The highest BCUT2D eigenvalue weighted by Gasteiger charge is 2.30. The summed E-state index contributed by atoms with van der Waals surface area (Å²) in [6.45, 7) is 2.33. The first kappa shape index (κ1) is 23.7. The Labute approximate surface area is 197 Å². The van der Waals surface area contributed by atoms with Crippen LogP contribution in [-0.4, -0.2) is 21.6 Å². The first-order valence-corrected chi connectivity index (χ1v) is 10.5. The molecule has 10 heteroatoms. The van der Waals surface area contributed by atoms with E-state index < -0.39 is 22.6 Å². The zero-order chi connectivity index (χ0) is 25.2. The number of nitro benzene ring substituents is 1. The molecule has 178 valence electrons. The topological polar surface area (TPSA) is 89.5 Å². The Kier molecular flexibility index (Phi) is 6.37. The molecule has 0 radical (unpaired) electrons. The van der Waals surface area contributed by atoms with Gasteiger partial charge in [-0.15, -0.1) is 0 Å². The molecule has 0 saturated heterocycles. The molecule has 0 saturated carbocycles. The van der Waals surface area contributed by atoms with Crippen molar-refractivity contribution in [2.75, 3.05) is 0 Å². The van der Waals surface area contributed by atoms with Crippen LogP contribution in [0, 0.1) is 17.0 Å². The lowest BCUT2D eigenvalue weighted by atomic mass is 10.1. The number of para-hydroxylation sites is 1. The summed E-state index contributed by atoms with van der Waals surface area (Å²) in [6.07, 6.45) is -3.10. The third kappa shape index (κ3) is 5.06. The first-order chi connectivity index (χ1) is 16.6. The van der Waals surface area contributed by atoms with E-state index in [4.69, 9.17) is 0 Å². The second-order valence-corrected chi connectivity index (χ2v) is 7.80. The van der Waals surface area contributed by atoms with Gasteiger partial charge in [0.2, 0.25) is 0 Å². The largest absolute Gasteiger partial charge is 0.416 e. The molecule has 0 spiro atoms. The van der Waals surface area contributed by atoms with Crippen molar-refractivity contribution in [2.24, 2.45) is 5.10 Å². The van der Waals surface area contributed by atoms with Crippen LogP contribution < -0.4 is 5.43 Å². The third-order valence-corrected chi connectivity index (χ3v) is 5.58. The Hall–Kier alpha value is -4.47. The van der Waals surface area contributed by atoms with Crippen LogP contribution >= 0.6 is 0 Å². The summed E-state index contributed by atoms with van der Waals surface area (Å²) in [6, 6.07) is 17.9. The Balaban J connectivity index is 1.59. The van der Waals surface area contributed by atoms with Gasteiger partial charge in [0, 0.05) is 46.4 Å². The highest BCUT2D eigenvalue weighted by molar-refractivity contribution is 6.02. The molecule has 1 amide bonds. The number of non-ortho nitro benzene ring substituents is 1. The van der Waals surface area contributed by atoms with Crippen molar-refractivity contribution >= 4 is 28.7 Å². The van der Waals surface area contributed by atoms with Gasteiger partial charge in [0.25, 0.3) is 11.6 Å². The predicted molar refractivity (Wildman–Crippen MR) is 125 cm³/mol. The van der Waals surface area contributed by atoms with E-state index >= 15 is 0 Å². The number of nitrogens with zero attached hydrogens (tertiary/aromatic N) is 3. The molecule has 35 heavy (non-hydrogen) atoms. The Morgan fingerprint density at radius 1 is 1.09 bits per heavy atom. The summed E-state index contributed by atoms with van der Waals surface area (Å²) in [5.41, 5.74) is 4.54. The van der Waals surface area contributed by atoms with E-state index in [1.807, 2.05) is 35.8 Å². The van der Waals surface area contributed by atoms with Crippen molar-refractivity contribution in [1.29, 1.82) is 0 Å². The number of carbonyl (C=O) groups is 1. The van der Waals surface area contributed by atoms with E-state index in [1.165, 1.54) is 24.4 Å². The van der Waals surface area contributed by atoms with Crippen molar-refractivity contribution in [2.45, 2.75) is 19.6 Å². The maximum absolute atomic E-state index is 12.9. The summed E-state index contributed by atoms with van der Waals surface area (Å²) >= 11 is 0. The second-order valence-electron chi connectivity index (χ2n) is 7.80.